The first kappa shape index (κ1) is 12.1. The third kappa shape index (κ3) is 4.40. The quantitative estimate of drug-likeness (QED) is 0.831. The number of sulfone groups is 1. The molecule has 0 saturated heterocycles. The van der Waals surface area contributed by atoms with Gasteiger partial charge in [0.25, 0.3) is 0 Å². The van der Waals surface area contributed by atoms with E-state index < -0.39 is 15.9 Å². The second-order valence-electron chi connectivity index (χ2n) is 3.73. The van der Waals surface area contributed by atoms with Crippen LogP contribution in [-0.2, 0) is 9.84 Å². The molecule has 1 atom stereocenters. The van der Waals surface area contributed by atoms with Crippen LogP contribution in [0.4, 0.5) is 0 Å². The van der Waals surface area contributed by atoms with Crippen molar-refractivity contribution in [2.75, 3.05) is 12.0 Å². The minimum Gasteiger partial charge on any atom is -0.388 e. The van der Waals surface area contributed by atoms with Crippen LogP contribution in [0.15, 0.2) is 18.5 Å². The Morgan fingerprint density at radius 3 is 2.67 bits per heavy atom. The molecule has 1 aromatic heterocycles. The summed E-state index contributed by atoms with van der Waals surface area (Å²) in [7, 11) is -3.02. The molecule has 5 heteroatoms. The number of nitrogens with zero attached hydrogens (tertiary/aromatic N) is 1. The van der Waals surface area contributed by atoms with Gasteiger partial charge in [-0.3, -0.25) is 4.98 Å². The molecule has 0 aliphatic carbocycles. The summed E-state index contributed by atoms with van der Waals surface area (Å²) in [5.74, 6) is -0.0118. The highest BCUT2D eigenvalue weighted by molar-refractivity contribution is 7.90. The van der Waals surface area contributed by atoms with Gasteiger partial charge in [0, 0.05) is 18.6 Å². The summed E-state index contributed by atoms with van der Waals surface area (Å²) in [6.45, 7) is 1.87. The van der Waals surface area contributed by atoms with Crippen molar-refractivity contribution >= 4 is 9.84 Å². The van der Waals surface area contributed by atoms with Crippen molar-refractivity contribution in [1.82, 2.24) is 4.98 Å². The van der Waals surface area contributed by atoms with Crippen LogP contribution in [0.5, 0.6) is 0 Å². The Morgan fingerprint density at radius 1 is 1.47 bits per heavy atom. The molecule has 84 valence electrons. The fourth-order valence-electron chi connectivity index (χ4n) is 1.25. The van der Waals surface area contributed by atoms with Gasteiger partial charge in [-0.2, -0.15) is 0 Å². The summed E-state index contributed by atoms with van der Waals surface area (Å²) in [5.41, 5.74) is 1.62. The first-order valence-electron chi connectivity index (χ1n) is 4.66. The molecule has 1 rings (SSSR count). The molecule has 1 N–H and O–H groups in total. The summed E-state index contributed by atoms with van der Waals surface area (Å²) >= 11 is 0. The van der Waals surface area contributed by atoms with Gasteiger partial charge in [-0.1, -0.05) is 6.07 Å². The van der Waals surface area contributed by atoms with E-state index in [9.17, 15) is 13.5 Å². The van der Waals surface area contributed by atoms with Gasteiger partial charge in [-0.25, -0.2) is 8.42 Å². The maximum Gasteiger partial charge on any atom is 0.147 e. The Hall–Kier alpha value is -0.940. The third-order valence-corrected chi connectivity index (χ3v) is 3.02. The van der Waals surface area contributed by atoms with E-state index in [1.165, 1.54) is 0 Å². The van der Waals surface area contributed by atoms with Crippen molar-refractivity contribution in [2.24, 2.45) is 0 Å². The minimum absolute atomic E-state index is 0.0118. The van der Waals surface area contributed by atoms with Crippen molar-refractivity contribution in [3.8, 4) is 0 Å². The molecular weight excluding hydrogens is 214 g/mol. The highest BCUT2D eigenvalue weighted by atomic mass is 32.2. The van der Waals surface area contributed by atoms with E-state index in [4.69, 9.17) is 0 Å². The molecule has 1 heterocycles. The number of aliphatic hydroxyl groups excluding tert-OH is 1. The van der Waals surface area contributed by atoms with E-state index in [1.807, 2.05) is 6.92 Å². The zero-order valence-corrected chi connectivity index (χ0v) is 9.66. The molecule has 0 fully saturated rings. The van der Waals surface area contributed by atoms with Gasteiger partial charge in [-0.15, -0.1) is 0 Å². The topological polar surface area (TPSA) is 67.3 Å². The van der Waals surface area contributed by atoms with Crippen molar-refractivity contribution in [1.29, 1.82) is 0 Å². The van der Waals surface area contributed by atoms with Crippen LogP contribution in [0.1, 0.15) is 23.7 Å². The lowest BCUT2D eigenvalue weighted by Crippen LogP contribution is -2.08. The van der Waals surface area contributed by atoms with Crippen molar-refractivity contribution < 1.29 is 13.5 Å². The van der Waals surface area contributed by atoms with E-state index in [-0.39, 0.29) is 12.2 Å². The molecule has 1 aromatic rings. The number of aliphatic hydroxyl groups is 1. The standard InChI is InChI=1S/C10H15NO3S/c1-8-5-9(7-11-6-8)10(12)3-4-15(2,13)14/h5-7,10,12H,3-4H2,1-2H3. The van der Waals surface area contributed by atoms with E-state index >= 15 is 0 Å². The van der Waals surface area contributed by atoms with Gasteiger partial charge in [0.15, 0.2) is 0 Å². The van der Waals surface area contributed by atoms with E-state index in [2.05, 4.69) is 4.98 Å². The molecule has 0 radical (unpaired) electrons. The molecule has 0 saturated carbocycles. The average Bonchev–Trinajstić information content (AvgIpc) is 2.13. The molecule has 0 spiro atoms. The van der Waals surface area contributed by atoms with Crippen LogP contribution in [0.25, 0.3) is 0 Å². The third-order valence-electron chi connectivity index (χ3n) is 2.04. The largest absolute Gasteiger partial charge is 0.388 e. The van der Waals surface area contributed by atoms with Crippen LogP contribution >= 0.6 is 0 Å². The Labute approximate surface area is 89.9 Å². The first-order chi connectivity index (χ1) is 6.88. The number of pyridine rings is 1. The van der Waals surface area contributed by atoms with Gasteiger partial charge in [0.05, 0.1) is 11.9 Å². The fraction of sp³-hybridized carbons (Fsp3) is 0.500. The normalized spacial score (nSPS) is 13.8. The summed E-state index contributed by atoms with van der Waals surface area (Å²) < 4.78 is 21.8. The Balaban J connectivity index is 2.65. The van der Waals surface area contributed by atoms with Crippen LogP contribution < -0.4 is 0 Å². The monoisotopic (exact) mass is 229 g/mol. The summed E-state index contributed by atoms with van der Waals surface area (Å²) in [5, 5.41) is 9.70. The van der Waals surface area contributed by atoms with Crippen molar-refractivity contribution in [3.05, 3.63) is 29.6 Å². The van der Waals surface area contributed by atoms with Gasteiger partial charge < -0.3 is 5.11 Å². The first-order valence-corrected chi connectivity index (χ1v) is 6.72. The predicted molar refractivity (Wildman–Crippen MR) is 58.3 cm³/mol. The zero-order valence-electron chi connectivity index (χ0n) is 8.84. The fourth-order valence-corrected chi connectivity index (χ4v) is 1.90. The zero-order chi connectivity index (χ0) is 11.5. The molecule has 4 nitrogen and oxygen atoms in total. The highest BCUT2D eigenvalue weighted by Gasteiger charge is 2.11. The lowest BCUT2D eigenvalue weighted by Gasteiger charge is -2.09. The van der Waals surface area contributed by atoms with Gasteiger partial charge >= 0.3 is 0 Å². The smallest absolute Gasteiger partial charge is 0.147 e. The molecule has 0 amide bonds. The SMILES string of the molecule is Cc1cncc(C(O)CCS(C)(=O)=O)c1. The van der Waals surface area contributed by atoms with Crippen LogP contribution in [-0.4, -0.2) is 30.5 Å². The van der Waals surface area contributed by atoms with Crippen LogP contribution in [0.2, 0.25) is 0 Å². The maximum atomic E-state index is 10.9. The lowest BCUT2D eigenvalue weighted by atomic mass is 10.1. The van der Waals surface area contributed by atoms with Crippen LogP contribution in [0, 0.1) is 6.92 Å². The molecule has 0 aliphatic rings. The number of aryl methyl sites for hydroxylation is 1. The number of hydrogen-bond donors (Lipinski definition) is 1. The molecule has 15 heavy (non-hydrogen) atoms. The second-order valence-corrected chi connectivity index (χ2v) is 5.99. The van der Waals surface area contributed by atoms with Gasteiger partial charge in [0.1, 0.15) is 9.84 Å². The molecular formula is C10H15NO3S. The van der Waals surface area contributed by atoms with Gasteiger partial charge in [0.2, 0.25) is 0 Å². The average molecular weight is 229 g/mol. The lowest BCUT2D eigenvalue weighted by molar-refractivity contribution is 0.174. The van der Waals surface area contributed by atoms with Crippen molar-refractivity contribution in [2.45, 2.75) is 19.4 Å². The number of hydrogen-bond acceptors (Lipinski definition) is 4. The maximum absolute atomic E-state index is 10.9. The van der Waals surface area contributed by atoms with E-state index in [0.717, 1.165) is 11.8 Å². The number of rotatable bonds is 4. The van der Waals surface area contributed by atoms with Crippen LogP contribution in [0.3, 0.4) is 0 Å². The Kier molecular flexibility index (Phi) is 3.82. The molecule has 0 aliphatic heterocycles. The summed E-state index contributed by atoms with van der Waals surface area (Å²) in [6, 6.07) is 1.81. The molecule has 1 unspecified atom stereocenters. The molecule has 0 aromatic carbocycles. The molecule has 0 bridgehead atoms. The highest BCUT2D eigenvalue weighted by Crippen LogP contribution is 2.16. The Bertz CT molecular complexity index is 428. The summed E-state index contributed by atoms with van der Waals surface area (Å²) in [4.78, 5) is 3.94. The van der Waals surface area contributed by atoms with Crippen molar-refractivity contribution in [3.63, 3.8) is 0 Å². The summed E-state index contributed by atoms with van der Waals surface area (Å²) in [6.07, 6.45) is 3.86. The minimum atomic E-state index is -3.02. The second kappa shape index (κ2) is 4.72. The van der Waals surface area contributed by atoms with E-state index in [1.54, 1.807) is 18.5 Å². The Morgan fingerprint density at radius 2 is 2.13 bits per heavy atom. The van der Waals surface area contributed by atoms with Gasteiger partial charge in [-0.05, 0) is 24.5 Å². The predicted octanol–water partition coefficient (Wildman–Crippen LogP) is 0.858. The number of aromatic nitrogens is 1. The van der Waals surface area contributed by atoms with E-state index in [0.29, 0.717) is 5.56 Å².